The minimum atomic E-state index is -5.41. The lowest BCUT2D eigenvalue weighted by Crippen LogP contribution is -2.43. The number of rotatable bonds is 6. The summed E-state index contributed by atoms with van der Waals surface area (Å²) in [6, 6.07) is 2.73. The normalized spacial score (nSPS) is 13.8. The van der Waals surface area contributed by atoms with Crippen molar-refractivity contribution in [1.29, 1.82) is 0 Å². The number of hydrazine groups is 1. The van der Waals surface area contributed by atoms with E-state index in [0.717, 1.165) is 12.1 Å². The van der Waals surface area contributed by atoms with Crippen LogP contribution >= 0.6 is 43.5 Å². The van der Waals surface area contributed by atoms with Crippen molar-refractivity contribution in [2.45, 2.75) is 37.3 Å². The van der Waals surface area contributed by atoms with Crippen molar-refractivity contribution < 1.29 is 53.5 Å². The molecule has 1 atom stereocenters. The largest absolute Gasteiger partial charge is 0.417 e. The summed E-state index contributed by atoms with van der Waals surface area (Å²) in [5.74, 6) is -2.81. The lowest BCUT2D eigenvalue weighted by Gasteiger charge is -2.20. The molecule has 0 saturated carbocycles. The number of amides is 2. The van der Waals surface area contributed by atoms with Crippen LogP contribution in [0.3, 0.4) is 0 Å². The summed E-state index contributed by atoms with van der Waals surface area (Å²) in [6.45, 7) is 0. The zero-order valence-corrected chi connectivity index (χ0v) is 22.6. The lowest BCUT2D eigenvalue weighted by atomic mass is 9.95. The minimum Gasteiger partial charge on any atom is -0.273 e. The first-order chi connectivity index (χ1) is 17.6. The third-order valence-corrected chi connectivity index (χ3v) is 7.09. The summed E-state index contributed by atoms with van der Waals surface area (Å²) in [7, 11) is 0. The van der Waals surface area contributed by atoms with E-state index in [1.54, 1.807) is 0 Å². The molecule has 0 radical (unpaired) electrons. The Labute approximate surface area is 235 Å². The molecule has 0 aliphatic rings. The SMILES string of the molecule is NN(C(=O)CCC(F)(F)F)C(=O)c1ccc(/C(F)=C/C(c2cc(Br)c(Cl)c(Br)c2)C(F)(F)F)cc1C(F)(F)F. The second-order valence-corrected chi connectivity index (χ2v) is 9.86. The van der Waals surface area contributed by atoms with E-state index in [2.05, 4.69) is 31.9 Å². The quantitative estimate of drug-likeness (QED) is 0.107. The van der Waals surface area contributed by atoms with Crippen LogP contribution in [0.25, 0.3) is 5.83 Å². The predicted octanol–water partition coefficient (Wildman–Crippen LogP) is 8.73. The van der Waals surface area contributed by atoms with E-state index in [-0.39, 0.29) is 26.1 Å². The average molecular weight is 723 g/mol. The van der Waals surface area contributed by atoms with Gasteiger partial charge in [-0.15, -0.1) is 0 Å². The van der Waals surface area contributed by atoms with E-state index in [0.29, 0.717) is 12.1 Å². The molecule has 2 N–H and O–H groups in total. The maximum absolute atomic E-state index is 14.9. The van der Waals surface area contributed by atoms with Gasteiger partial charge in [-0.05, 0) is 67.8 Å². The fourth-order valence-corrected chi connectivity index (χ4v) is 4.43. The molecule has 1 unspecified atom stereocenters. The number of allylic oxidation sites excluding steroid dienone is 1. The van der Waals surface area contributed by atoms with Gasteiger partial charge in [0.1, 0.15) is 11.7 Å². The van der Waals surface area contributed by atoms with Crippen LogP contribution in [0.15, 0.2) is 45.4 Å². The first-order valence-corrected chi connectivity index (χ1v) is 12.1. The number of benzene rings is 2. The molecule has 0 fully saturated rings. The van der Waals surface area contributed by atoms with Gasteiger partial charge in [0.25, 0.3) is 5.91 Å². The minimum absolute atomic E-state index is 0.00466. The molecule has 0 bridgehead atoms. The molecule has 2 aromatic carbocycles. The van der Waals surface area contributed by atoms with Gasteiger partial charge in [0.05, 0.1) is 22.6 Å². The molecule has 0 aromatic heterocycles. The van der Waals surface area contributed by atoms with Gasteiger partial charge in [-0.3, -0.25) is 9.59 Å². The van der Waals surface area contributed by atoms with Crippen molar-refractivity contribution in [1.82, 2.24) is 5.01 Å². The maximum atomic E-state index is 14.9. The van der Waals surface area contributed by atoms with E-state index in [4.69, 9.17) is 17.4 Å². The van der Waals surface area contributed by atoms with Gasteiger partial charge in [0, 0.05) is 20.9 Å². The van der Waals surface area contributed by atoms with Gasteiger partial charge in [-0.2, -0.15) is 39.5 Å². The molecule has 0 aliphatic heterocycles. The van der Waals surface area contributed by atoms with Gasteiger partial charge < -0.3 is 0 Å². The molecule has 0 saturated heterocycles. The second kappa shape index (κ2) is 12.1. The second-order valence-electron chi connectivity index (χ2n) is 7.77. The van der Waals surface area contributed by atoms with Crippen molar-refractivity contribution in [3.05, 3.63) is 72.6 Å². The Morgan fingerprint density at radius 1 is 0.974 bits per heavy atom. The number of imide groups is 1. The third-order valence-electron chi connectivity index (χ3n) is 4.97. The van der Waals surface area contributed by atoms with Crippen molar-refractivity contribution in [2.24, 2.45) is 5.84 Å². The van der Waals surface area contributed by atoms with Crippen molar-refractivity contribution >= 4 is 61.1 Å². The number of halogens is 13. The number of hydrogen-bond acceptors (Lipinski definition) is 3. The topological polar surface area (TPSA) is 63.4 Å². The summed E-state index contributed by atoms with van der Waals surface area (Å²) in [4.78, 5) is 24.1. The van der Waals surface area contributed by atoms with Crippen molar-refractivity contribution in [3.63, 3.8) is 0 Å². The Hall–Kier alpha value is -2.17. The Bertz CT molecular complexity index is 1270. The van der Waals surface area contributed by atoms with Crippen LogP contribution in [-0.4, -0.2) is 29.2 Å². The highest BCUT2D eigenvalue weighted by atomic mass is 79.9. The fraction of sp³-hybridized carbons (Fsp3) is 0.273. The Morgan fingerprint density at radius 2 is 1.51 bits per heavy atom. The highest BCUT2D eigenvalue weighted by Crippen LogP contribution is 2.43. The molecule has 39 heavy (non-hydrogen) atoms. The van der Waals surface area contributed by atoms with Gasteiger partial charge in [-0.25, -0.2) is 15.2 Å². The molecule has 0 heterocycles. The zero-order chi connectivity index (χ0) is 30.1. The Balaban J connectivity index is 2.53. The van der Waals surface area contributed by atoms with Crippen LogP contribution in [0.2, 0.25) is 5.02 Å². The van der Waals surface area contributed by atoms with Crippen LogP contribution in [0, 0.1) is 0 Å². The summed E-state index contributed by atoms with van der Waals surface area (Å²) >= 11 is 11.8. The fourth-order valence-electron chi connectivity index (χ4n) is 3.10. The average Bonchev–Trinajstić information content (AvgIpc) is 2.80. The molecule has 0 aliphatic carbocycles. The molecule has 214 valence electrons. The standard InChI is InChI=1S/C22H13Br2ClF10N2O2/c23-14-6-10(7-15(24)18(14)25)12(21(30,31)32)8-16(26)9-1-2-11(13(5-9)22(33,34)35)19(39)37(36)17(38)3-4-20(27,28)29/h1-2,5-8,12H,3-4,36H2/b16-8-. The molecule has 2 amide bonds. The molecule has 17 heteroatoms. The number of hydrogen-bond donors (Lipinski definition) is 1. The number of nitrogens with two attached hydrogens (primary N) is 1. The first-order valence-electron chi connectivity index (χ1n) is 10.1. The molecule has 2 rings (SSSR count). The van der Waals surface area contributed by atoms with E-state index in [9.17, 15) is 53.5 Å². The van der Waals surface area contributed by atoms with Gasteiger partial charge in [0.2, 0.25) is 5.91 Å². The molecular formula is C22H13Br2ClF10N2O2. The summed E-state index contributed by atoms with van der Waals surface area (Å²) in [5.41, 5.74) is -4.79. The van der Waals surface area contributed by atoms with Crippen LogP contribution in [0.5, 0.6) is 0 Å². The van der Waals surface area contributed by atoms with Crippen molar-refractivity contribution in [2.75, 3.05) is 0 Å². The van der Waals surface area contributed by atoms with Crippen molar-refractivity contribution in [3.8, 4) is 0 Å². The van der Waals surface area contributed by atoms with E-state index in [1.807, 2.05) is 0 Å². The Kier molecular flexibility index (Phi) is 10.3. The molecule has 2 aromatic rings. The molecule has 0 spiro atoms. The summed E-state index contributed by atoms with van der Waals surface area (Å²) in [5, 5.41) is -0.456. The Morgan fingerprint density at radius 3 is 1.97 bits per heavy atom. The number of carbonyl (C=O) groups is 2. The van der Waals surface area contributed by atoms with E-state index in [1.165, 1.54) is 0 Å². The lowest BCUT2D eigenvalue weighted by molar-refractivity contribution is -0.148. The summed E-state index contributed by atoms with van der Waals surface area (Å²) in [6.07, 6.45) is -18.4. The smallest absolute Gasteiger partial charge is 0.273 e. The zero-order valence-electron chi connectivity index (χ0n) is 18.7. The van der Waals surface area contributed by atoms with Gasteiger partial charge in [0.15, 0.2) is 0 Å². The van der Waals surface area contributed by atoms with Crippen LogP contribution in [0.1, 0.15) is 45.8 Å². The van der Waals surface area contributed by atoms with Gasteiger partial charge >= 0.3 is 18.5 Å². The highest BCUT2D eigenvalue weighted by molar-refractivity contribution is 9.11. The number of nitrogens with zero attached hydrogens (tertiary/aromatic N) is 1. The monoisotopic (exact) mass is 720 g/mol. The third kappa shape index (κ3) is 8.66. The van der Waals surface area contributed by atoms with Crippen LogP contribution < -0.4 is 5.84 Å². The first kappa shape index (κ1) is 33.0. The van der Waals surface area contributed by atoms with E-state index < -0.39 is 82.2 Å². The highest BCUT2D eigenvalue weighted by Gasteiger charge is 2.41. The summed E-state index contributed by atoms with van der Waals surface area (Å²) < 4.78 is 134. The van der Waals surface area contributed by atoms with Gasteiger partial charge in [-0.1, -0.05) is 17.7 Å². The predicted molar refractivity (Wildman–Crippen MR) is 127 cm³/mol. The maximum Gasteiger partial charge on any atom is 0.417 e. The molecular weight excluding hydrogens is 709 g/mol. The van der Waals surface area contributed by atoms with Crippen LogP contribution in [-0.2, 0) is 11.0 Å². The van der Waals surface area contributed by atoms with E-state index >= 15 is 0 Å². The van der Waals surface area contributed by atoms with Crippen LogP contribution in [0.4, 0.5) is 43.9 Å². The number of carbonyl (C=O) groups excluding carboxylic acids is 2. The molecule has 4 nitrogen and oxygen atoms in total. The number of alkyl halides is 9.